The minimum Gasteiger partial charge on any atom is -0.271 e. The van der Waals surface area contributed by atoms with Gasteiger partial charge in [-0.15, -0.1) is 0 Å². The van der Waals surface area contributed by atoms with Crippen LogP contribution in [0.2, 0.25) is 0 Å². The number of benzene rings is 2. The van der Waals surface area contributed by atoms with E-state index in [1.165, 1.54) is 18.3 Å². The van der Waals surface area contributed by atoms with Crippen LogP contribution in [0.5, 0.6) is 0 Å². The number of rotatable bonds is 7. The molecule has 0 aliphatic heterocycles. The number of hydrogen-bond donors (Lipinski definition) is 1. The summed E-state index contributed by atoms with van der Waals surface area (Å²) in [6.07, 6.45) is 2.99. The Morgan fingerprint density at radius 1 is 1.10 bits per heavy atom. The van der Waals surface area contributed by atoms with Crippen LogP contribution in [0, 0.1) is 6.92 Å². The molecule has 9 heteroatoms. The van der Waals surface area contributed by atoms with E-state index >= 15 is 0 Å². The number of aryl methyl sites for hydroxylation is 1. The number of sulfonamides is 1. The molecule has 0 fully saturated rings. The number of anilines is 1. The Balaban J connectivity index is 1.84. The fraction of sp³-hybridized carbons (Fsp3) is 0.0952. The molecular weight excluding hydrogens is 468 g/mol. The lowest BCUT2D eigenvalue weighted by atomic mass is 10.2. The summed E-state index contributed by atoms with van der Waals surface area (Å²) < 4.78 is 28.3. The molecule has 154 valence electrons. The van der Waals surface area contributed by atoms with E-state index in [2.05, 4.69) is 31.4 Å². The minimum atomic E-state index is -3.96. The van der Waals surface area contributed by atoms with Crippen LogP contribution in [-0.2, 0) is 14.8 Å². The molecule has 1 N–H and O–H groups in total. The maximum Gasteiger partial charge on any atom is 0.264 e. The van der Waals surface area contributed by atoms with Crippen molar-refractivity contribution in [1.29, 1.82) is 0 Å². The van der Waals surface area contributed by atoms with Crippen molar-refractivity contribution in [3.63, 3.8) is 0 Å². The van der Waals surface area contributed by atoms with Gasteiger partial charge in [-0.2, -0.15) is 5.10 Å². The summed E-state index contributed by atoms with van der Waals surface area (Å²) in [6, 6.07) is 18.4. The van der Waals surface area contributed by atoms with E-state index in [0.717, 1.165) is 14.3 Å². The fourth-order valence-corrected chi connectivity index (χ4v) is 4.23. The molecule has 30 heavy (non-hydrogen) atoms. The highest BCUT2D eigenvalue weighted by molar-refractivity contribution is 9.10. The normalized spacial score (nSPS) is 11.4. The first-order valence-electron chi connectivity index (χ1n) is 8.94. The maximum absolute atomic E-state index is 13.2. The van der Waals surface area contributed by atoms with Gasteiger partial charge in [-0.3, -0.25) is 14.1 Å². The van der Waals surface area contributed by atoms with Crippen molar-refractivity contribution < 1.29 is 13.2 Å². The van der Waals surface area contributed by atoms with Crippen LogP contribution in [0.3, 0.4) is 0 Å². The van der Waals surface area contributed by atoms with Crippen molar-refractivity contribution in [2.45, 2.75) is 11.8 Å². The molecule has 2 aromatic carbocycles. The zero-order chi connectivity index (χ0) is 21.6. The molecule has 0 spiro atoms. The van der Waals surface area contributed by atoms with Crippen molar-refractivity contribution in [3.05, 3.63) is 88.7 Å². The standard InChI is InChI=1S/C21H19BrN4O3S/c1-16-5-11-20(12-6-16)30(28,29)26(19-9-7-17(22)8-10-19)15-21(27)25-24-14-18-4-2-3-13-23-18/h2-14H,15H2,1H3,(H,25,27)/b24-14-. The van der Waals surface area contributed by atoms with Crippen molar-refractivity contribution in [3.8, 4) is 0 Å². The predicted molar refractivity (Wildman–Crippen MR) is 120 cm³/mol. The van der Waals surface area contributed by atoms with Gasteiger partial charge in [-0.25, -0.2) is 13.8 Å². The summed E-state index contributed by atoms with van der Waals surface area (Å²) >= 11 is 3.33. The molecule has 3 aromatic rings. The van der Waals surface area contributed by atoms with Crippen LogP contribution >= 0.6 is 15.9 Å². The van der Waals surface area contributed by atoms with Gasteiger partial charge in [0.05, 0.1) is 22.5 Å². The summed E-state index contributed by atoms with van der Waals surface area (Å²) in [6.45, 7) is 1.44. The Morgan fingerprint density at radius 2 is 1.80 bits per heavy atom. The van der Waals surface area contributed by atoms with Crippen molar-refractivity contribution >= 4 is 43.8 Å². The topological polar surface area (TPSA) is 91.7 Å². The molecule has 0 radical (unpaired) electrons. The molecule has 0 unspecified atom stereocenters. The lowest BCUT2D eigenvalue weighted by Gasteiger charge is -2.23. The first kappa shape index (κ1) is 21.7. The van der Waals surface area contributed by atoms with Gasteiger partial charge in [0.2, 0.25) is 0 Å². The van der Waals surface area contributed by atoms with Gasteiger partial charge in [0, 0.05) is 10.7 Å². The lowest BCUT2D eigenvalue weighted by molar-refractivity contribution is -0.119. The molecule has 0 saturated heterocycles. The van der Waals surface area contributed by atoms with Gasteiger partial charge in [0.15, 0.2) is 0 Å². The van der Waals surface area contributed by atoms with Crippen molar-refractivity contribution in [2.24, 2.45) is 5.10 Å². The van der Waals surface area contributed by atoms with Crippen molar-refractivity contribution in [2.75, 3.05) is 10.8 Å². The monoisotopic (exact) mass is 486 g/mol. The third-order valence-electron chi connectivity index (χ3n) is 4.08. The Bertz CT molecular complexity index is 1130. The molecule has 0 atom stereocenters. The van der Waals surface area contributed by atoms with E-state index < -0.39 is 22.5 Å². The van der Waals surface area contributed by atoms with Gasteiger partial charge in [0.1, 0.15) is 6.54 Å². The number of amides is 1. The number of nitrogens with one attached hydrogen (secondary N) is 1. The highest BCUT2D eigenvalue weighted by Gasteiger charge is 2.27. The molecule has 0 aliphatic rings. The highest BCUT2D eigenvalue weighted by Crippen LogP contribution is 2.25. The Morgan fingerprint density at radius 3 is 2.43 bits per heavy atom. The van der Waals surface area contributed by atoms with Gasteiger partial charge < -0.3 is 0 Å². The largest absolute Gasteiger partial charge is 0.271 e. The van der Waals surface area contributed by atoms with E-state index in [9.17, 15) is 13.2 Å². The van der Waals surface area contributed by atoms with E-state index in [0.29, 0.717) is 11.4 Å². The quantitative estimate of drug-likeness (QED) is 0.408. The Kier molecular flexibility index (Phi) is 6.96. The number of pyridine rings is 1. The molecule has 3 rings (SSSR count). The molecular formula is C21H19BrN4O3S. The second-order valence-electron chi connectivity index (χ2n) is 6.35. The van der Waals surface area contributed by atoms with E-state index in [1.807, 2.05) is 6.92 Å². The van der Waals surface area contributed by atoms with Crippen LogP contribution < -0.4 is 9.73 Å². The van der Waals surface area contributed by atoms with Gasteiger partial charge in [-0.05, 0) is 55.5 Å². The first-order valence-corrected chi connectivity index (χ1v) is 11.2. The van der Waals surface area contributed by atoms with Crippen LogP contribution in [0.25, 0.3) is 0 Å². The number of aromatic nitrogens is 1. The smallest absolute Gasteiger partial charge is 0.264 e. The van der Waals surface area contributed by atoms with E-state index in [1.54, 1.807) is 60.8 Å². The zero-order valence-electron chi connectivity index (χ0n) is 16.1. The number of carbonyl (C=O) groups is 1. The molecule has 0 saturated carbocycles. The zero-order valence-corrected chi connectivity index (χ0v) is 18.5. The summed E-state index contributed by atoms with van der Waals surface area (Å²) in [5, 5.41) is 3.85. The number of halogens is 1. The average molecular weight is 487 g/mol. The van der Waals surface area contributed by atoms with Gasteiger partial charge in [-0.1, -0.05) is 39.7 Å². The molecule has 0 aliphatic carbocycles. The van der Waals surface area contributed by atoms with Crippen LogP contribution in [0.4, 0.5) is 5.69 Å². The number of hydrazone groups is 1. The SMILES string of the molecule is Cc1ccc(S(=O)(=O)N(CC(=O)N/N=C\c2ccccn2)c2ccc(Br)cc2)cc1. The Hall–Kier alpha value is -3.04. The molecule has 7 nitrogen and oxygen atoms in total. The molecule has 1 aromatic heterocycles. The third kappa shape index (κ3) is 5.52. The molecule has 0 bridgehead atoms. The second kappa shape index (κ2) is 9.64. The van der Waals surface area contributed by atoms with Crippen LogP contribution in [0.15, 0.2) is 87.4 Å². The van der Waals surface area contributed by atoms with Crippen molar-refractivity contribution in [1.82, 2.24) is 10.4 Å². The van der Waals surface area contributed by atoms with E-state index in [-0.39, 0.29) is 4.90 Å². The highest BCUT2D eigenvalue weighted by atomic mass is 79.9. The minimum absolute atomic E-state index is 0.0980. The summed E-state index contributed by atoms with van der Waals surface area (Å²) in [7, 11) is -3.96. The molecule has 1 heterocycles. The Labute approximate surface area is 183 Å². The summed E-state index contributed by atoms with van der Waals surface area (Å²) in [5.74, 6) is -0.583. The third-order valence-corrected chi connectivity index (χ3v) is 6.40. The first-order chi connectivity index (χ1) is 14.4. The summed E-state index contributed by atoms with van der Waals surface area (Å²) in [5.41, 5.74) is 4.21. The number of nitrogens with zero attached hydrogens (tertiary/aromatic N) is 3. The number of hydrogen-bond acceptors (Lipinski definition) is 5. The maximum atomic E-state index is 13.2. The van der Waals surface area contributed by atoms with Crippen LogP contribution in [-0.4, -0.2) is 32.1 Å². The fourth-order valence-electron chi connectivity index (χ4n) is 2.55. The summed E-state index contributed by atoms with van der Waals surface area (Å²) in [4.78, 5) is 16.6. The molecule has 1 amide bonds. The lowest BCUT2D eigenvalue weighted by Crippen LogP contribution is -2.39. The predicted octanol–water partition coefficient (Wildman–Crippen LogP) is 3.50. The van der Waals surface area contributed by atoms with Crippen LogP contribution in [0.1, 0.15) is 11.3 Å². The van der Waals surface area contributed by atoms with Gasteiger partial charge >= 0.3 is 0 Å². The number of carbonyl (C=O) groups excluding carboxylic acids is 1. The van der Waals surface area contributed by atoms with Gasteiger partial charge in [0.25, 0.3) is 15.9 Å². The second-order valence-corrected chi connectivity index (χ2v) is 9.13. The average Bonchev–Trinajstić information content (AvgIpc) is 2.74. The van der Waals surface area contributed by atoms with E-state index in [4.69, 9.17) is 0 Å².